The Morgan fingerprint density at radius 2 is 1.58 bits per heavy atom. The molecule has 0 fully saturated rings. The number of aromatic nitrogens is 1. The van der Waals surface area contributed by atoms with Gasteiger partial charge in [0, 0.05) is 5.92 Å². The molecule has 1 aliphatic carbocycles. The summed E-state index contributed by atoms with van der Waals surface area (Å²) in [5, 5.41) is 11.4. The average molecular weight is 348 g/mol. The number of carbonyl (C=O) groups excluding carboxylic acids is 1. The highest BCUT2D eigenvalue weighted by Crippen LogP contribution is 2.44. The Morgan fingerprint density at radius 3 is 2.15 bits per heavy atom. The molecule has 130 valence electrons. The average Bonchev–Trinajstić information content (AvgIpc) is 3.23. The summed E-state index contributed by atoms with van der Waals surface area (Å²) in [6.07, 6.45) is -0.634. The van der Waals surface area contributed by atoms with Gasteiger partial charge in [-0.1, -0.05) is 48.5 Å². The Bertz CT molecular complexity index is 947. The van der Waals surface area contributed by atoms with Gasteiger partial charge in [0.2, 0.25) is 0 Å². The van der Waals surface area contributed by atoms with Crippen LogP contribution in [0.3, 0.4) is 0 Å². The van der Waals surface area contributed by atoms with Crippen LogP contribution in [0.5, 0.6) is 0 Å². The molecule has 0 bridgehead atoms. The number of nitrogens with one attached hydrogen (secondary N) is 2. The number of carboxylic acids is 1. The second-order valence-corrected chi connectivity index (χ2v) is 6.04. The van der Waals surface area contributed by atoms with Crippen LogP contribution in [-0.2, 0) is 4.74 Å². The summed E-state index contributed by atoms with van der Waals surface area (Å²) < 4.78 is 5.40. The van der Waals surface area contributed by atoms with Gasteiger partial charge in [-0.15, -0.1) is 0 Å². The van der Waals surface area contributed by atoms with Crippen LogP contribution in [0.2, 0.25) is 0 Å². The summed E-state index contributed by atoms with van der Waals surface area (Å²) in [6.45, 7) is 0.201. The van der Waals surface area contributed by atoms with Crippen molar-refractivity contribution >= 4 is 17.9 Å². The number of ether oxygens (including phenoxy) is 1. The fourth-order valence-corrected chi connectivity index (χ4v) is 3.34. The molecule has 26 heavy (non-hydrogen) atoms. The Labute approximate surface area is 149 Å². The molecule has 0 radical (unpaired) electrons. The van der Waals surface area contributed by atoms with Gasteiger partial charge in [-0.25, -0.2) is 9.59 Å². The predicted molar refractivity (Wildman–Crippen MR) is 96.4 cm³/mol. The third-order valence-electron chi connectivity index (χ3n) is 4.50. The first-order chi connectivity index (χ1) is 12.6. The second kappa shape index (κ2) is 6.40. The van der Waals surface area contributed by atoms with Crippen LogP contribution >= 0.6 is 0 Å². The number of aromatic amines is 1. The van der Waals surface area contributed by atoms with Gasteiger partial charge in [0.05, 0.1) is 0 Å². The van der Waals surface area contributed by atoms with E-state index in [1.165, 1.54) is 12.1 Å². The lowest BCUT2D eigenvalue weighted by Gasteiger charge is -2.14. The number of aromatic carboxylic acids is 1. The van der Waals surface area contributed by atoms with Crippen LogP contribution < -0.4 is 5.32 Å². The zero-order valence-corrected chi connectivity index (χ0v) is 13.7. The molecule has 6 nitrogen and oxygen atoms in total. The summed E-state index contributed by atoms with van der Waals surface area (Å²) in [4.78, 5) is 25.5. The van der Waals surface area contributed by atoms with E-state index in [0.717, 1.165) is 22.3 Å². The van der Waals surface area contributed by atoms with E-state index < -0.39 is 12.1 Å². The largest absolute Gasteiger partial charge is 0.477 e. The molecule has 1 aliphatic rings. The van der Waals surface area contributed by atoms with Crippen LogP contribution in [0.1, 0.15) is 27.5 Å². The summed E-state index contributed by atoms with van der Waals surface area (Å²) in [6, 6.07) is 19.0. The summed E-state index contributed by atoms with van der Waals surface area (Å²) in [5.41, 5.74) is 4.59. The van der Waals surface area contributed by atoms with Gasteiger partial charge in [-0.2, -0.15) is 0 Å². The lowest BCUT2D eigenvalue weighted by atomic mass is 9.98. The highest BCUT2D eigenvalue weighted by atomic mass is 16.5. The number of fused-ring (bicyclic) bond motifs is 3. The highest BCUT2D eigenvalue weighted by Gasteiger charge is 2.29. The van der Waals surface area contributed by atoms with E-state index >= 15 is 0 Å². The summed E-state index contributed by atoms with van der Waals surface area (Å²) in [7, 11) is 0. The van der Waals surface area contributed by atoms with E-state index in [0.29, 0.717) is 0 Å². The van der Waals surface area contributed by atoms with Crippen LogP contribution in [0, 0.1) is 0 Å². The monoisotopic (exact) mass is 348 g/mol. The first-order valence-electron chi connectivity index (χ1n) is 8.18. The minimum atomic E-state index is -1.09. The van der Waals surface area contributed by atoms with Gasteiger partial charge in [0.1, 0.15) is 18.1 Å². The van der Waals surface area contributed by atoms with Crippen LogP contribution in [-0.4, -0.2) is 28.8 Å². The number of carboxylic acid groups (broad SMARTS) is 1. The van der Waals surface area contributed by atoms with Gasteiger partial charge in [0.15, 0.2) is 0 Å². The molecule has 3 N–H and O–H groups in total. The minimum absolute atomic E-state index is 0.000974. The molecule has 3 aromatic rings. The SMILES string of the molecule is O=C(Nc1ccc(C(=O)O)[nH]1)OCC1c2ccccc2-c2ccccc21. The highest BCUT2D eigenvalue weighted by molar-refractivity contribution is 5.89. The molecule has 0 saturated heterocycles. The molecule has 0 atom stereocenters. The number of hydrogen-bond acceptors (Lipinski definition) is 3. The van der Waals surface area contributed by atoms with Crippen molar-refractivity contribution in [3.05, 3.63) is 77.5 Å². The molecule has 0 unspecified atom stereocenters. The molecule has 4 rings (SSSR count). The first-order valence-corrected chi connectivity index (χ1v) is 8.18. The third-order valence-corrected chi connectivity index (χ3v) is 4.50. The predicted octanol–water partition coefficient (Wildman–Crippen LogP) is 4.07. The van der Waals surface area contributed by atoms with Crippen molar-refractivity contribution in [1.82, 2.24) is 4.98 Å². The van der Waals surface area contributed by atoms with Gasteiger partial charge < -0.3 is 14.8 Å². The standard InChI is InChI=1S/C20H16N2O4/c23-19(24)17-9-10-18(21-17)22-20(25)26-11-16-14-7-3-1-5-12(14)13-6-2-4-8-15(13)16/h1-10,16,21H,11H2,(H,22,25)(H,23,24). The number of rotatable bonds is 4. The Kier molecular flexibility index (Phi) is 3.93. The topological polar surface area (TPSA) is 91.4 Å². The fraction of sp³-hybridized carbons (Fsp3) is 0.100. The van der Waals surface area contributed by atoms with E-state index in [4.69, 9.17) is 9.84 Å². The lowest BCUT2D eigenvalue weighted by molar-refractivity contribution is 0.0691. The van der Waals surface area contributed by atoms with Crippen molar-refractivity contribution in [1.29, 1.82) is 0 Å². The maximum atomic E-state index is 12.1. The normalized spacial score (nSPS) is 12.3. The van der Waals surface area contributed by atoms with E-state index in [-0.39, 0.29) is 24.0 Å². The molecule has 1 aromatic heterocycles. The van der Waals surface area contributed by atoms with Gasteiger partial charge in [0.25, 0.3) is 0 Å². The minimum Gasteiger partial charge on any atom is -0.477 e. The quantitative estimate of drug-likeness (QED) is 0.663. The number of anilines is 1. The van der Waals surface area contributed by atoms with E-state index in [2.05, 4.69) is 22.4 Å². The molecule has 1 heterocycles. The van der Waals surface area contributed by atoms with Gasteiger partial charge >= 0.3 is 12.1 Å². The molecule has 0 aliphatic heterocycles. The Balaban J connectivity index is 1.47. The number of benzene rings is 2. The van der Waals surface area contributed by atoms with Crippen LogP contribution in [0.15, 0.2) is 60.7 Å². The zero-order chi connectivity index (χ0) is 18.1. The van der Waals surface area contributed by atoms with Crippen LogP contribution in [0.25, 0.3) is 11.1 Å². The molecule has 6 heteroatoms. The van der Waals surface area contributed by atoms with Crippen molar-refractivity contribution in [2.75, 3.05) is 11.9 Å². The Morgan fingerprint density at radius 1 is 0.962 bits per heavy atom. The number of hydrogen-bond donors (Lipinski definition) is 3. The third kappa shape index (κ3) is 2.82. The molecule has 0 saturated carbocycles. The number of carbonyl (C=O) groups is 2. The molecular weight excluding hydrogens is 332 g/mol. The zero-order valence-electron chi connectivity index (χ0n) is 13.7. The Hall–Kier alpha value is -3.54. The second-order valence-electron chi connectivity index (χ2n) is 6.04. The first kappa shape index (κ1) is 16.0. The van der Waals surface area contributed by atoms with Crippen molar-refractivity contribution in [2.24, 2.45) is 0 Å². The van der Waals surface area contributed by atoms with Crippen molar-refractivity contribution in [3.8, 4) is 11.1 Å². The van der Waals surface area contributed by atoms with Crippen LogP contribution in [0.4, 0.5) is 10.6 Å². The molecule has 1 amide bonds. The summed E-state index contributed by atoms with van der Waals surface area (Å²) >= 11 is 0. The van der Waals surface area contributed by atoms with Crippen molar-refractivity contribution in [2.45, 2.75) is 5.92 Å². The van der Waals surface area contributed by atoms with E-state index in [1.54, 1.807) is 0 Å². The van der Waals surface area contributed by atoms with Crippen molar-refractivity contribution in [3.63, 3.8) is 0 Å². The van der Waals surface area contributed by atoms with Crippen molar-refractivity contribution < 1.29 is 19.4 Å². The number of H-pyrrole nitrogens is 1. The van der Waals surface area contributed by atoms with E-state index in [9.17, 15) is 9.59 Å². The lowest BCUT2D eigenvalue weighted by Crippen LogP contribution is -2.18. The number of amides is 1. The molecule has 2 aromatic carbocycles. The maximum Gasteiger partial charge on any atom is 0.412 e. The maximum absolute atomic E-state index is 12.1. The molecule has 0 spiro atoms. The summed E-state index contributed by atoms with van der Waals surface area (Å²) in [5.74, 6) is -0.836. The smallest absolute Gasteiger partial charge is 0.412 e. The van der Waals surface area contributed by atoms with Gasteiger partial charge in [-0.3, -0.25) is 5.32 Å². The fourth-order valence-electron chi connectivity index (χ4n) is 3.34. The van der Waals surface area contributed by atoms with E-state index in [1.807, 2.05) is 36.4 Å². The molecular formula is C20H16N2O4. The van der Waals surface area contributed by atoms with Gasteiger partial charge in [-0.05, 0) is 34.4 Å².